The van der Waals surface area contributed by atoms with Crippen LogP contribution >= 0.6 is 11.3 Å². The summed E-state index contributed by atoms with van der Waals surface area (Å²) < 4.78 is 13.3. The normalized spacial score (nSPS) is 10.9. The van der Waals surface area contributed by atoms with Gasteiger partial charge < -0.3 is 5.32 Å². The number of halogens is 1. The molecule has 0 aliphatic rings. The number of rotatable bonds is 4. The van der Waals surface area contributed by atoms with Crippen molar-refractivity contribution in [2.45, 2.75) is 20.8 Å². The minimum absolute atomic E-state index is 0.208. The van der Waals surface area contributed by atoms with E-state index >= 15 is 0 Å². The molecule has 1 aromatic carbocycles. The Morgan fingerprint density at radius 3 is 2.89 bits per heavy atom. The van der Waals surface area contributed by atoms with Gasteiger partial charge in [0.15, 0.2) is 5.13 Å². The monoisotopic (exact) mass is 264 g/mol. The Morgan fingerprint density at radius 1 is 1.39 bits per heavy atom. The first-order valence-corrected chi connectivity index (χ1v) is 6.84. The molecule has 0 spiro atoms. The molecule has 0 saturated carbocycles. The van der Waals surface area contributed by atoms with E-state index in [1.165, 1.54) is 6.07 Å². The van der Waals surface area contributed by atoms with E-state index in [0.717, 1.165) is 27.7 Å². The van der Waals surface area contributed by atoms with Gasteiger partial charge in [-0.1, -0.05) is 31.3 Å². The predicted molar refractivity (Wildman–Crippen MR) is 75.6 cm³/mol. The first-order chi connectivity index (χ1) is 8.56. The second kappa shape index (κ2) is 5.48. The molecule has 0 atom stereocenters. The van der Waals surface area contributed by atoms with E-state index in [-0.39, 0.29) is 5.82 Å². The molecule has 0 aliphatic heterocycles. The molecule has 2 aromatic rings. The Bertz CT molecular complexity index is 534. The summed E-state index contributed by atoms with van der Waals surface area (Å²) in [5.74, 6) is 0.369. The van der Waals surface area contributed by atoms with Crippen molar-refractivity contribution in [3.63, 3.8) is 0 Å². The molecule has 4 heteroatoms. The van der Waals surface area contributed by atoms with Gasteiger partial charge in [-0.15, -0.1) is 0 Å². The van der Waals surface area contributed by atoms with Gasteiger partial charge in [-0.25, -0.2) is 9.37 Å². The van der Waals surface area contributed by atoms with Gasteiger partial charge >= 0.3 is 0 Å². The van der Waals surface area contributed by atoms with Crippen molar-refractivity contribution in [2.75, 3.05) is 11.9 Å². The third-order valence-corrected chi connectivity index (χ3v) is 3.62. The maximum Gasteiger partial charge on any atom is 0.183 e. The summed E-state index contributed by atoms with van der Waals surface area (Å²) in [6, 6.07) is 4.85. The molecule has 1 N–H and O–H groups in total. The molecule has 0 radical (unpaired) electrons. The van der Waals surface area contributed by atoms with Crippen LogP contribution in [0.5, 0.6) is 0 Å². The van der Waals surface area contributed by atoms with Crippen LogP contribution in [0.2, 0.25) is 0 Å². The SMILES string of the molecule is Cc1ccc(F)cc1-c1cnc(NCC(C)C)s1. The maximum atomic E-state index is 13.3. The average molecular weight is 264 g/mol. The summed E-state index contributed by atoms with van der Waals surface area (Å²) in [6.07, 6.45) is 1.80. The zero-order valence-corrected chi connectivity index (χ0v) is 11.6. The standard InChI is InChI=1S/C14H17FN2S/c1-9(2)7-16-14-17-8-13(18-14)12-6-11(15)5-4-10(12)3/h4-6,8-9H,7H2,1-3H3,(H,16,17). The number of benzene rings is 1. The lowest BCUT2D eigenvalue weighted by Crippen LogP contribution is -2.07. The Hall–Kier alpha value is -1.42. The molecular weight excluding hydrogens is 247 g/mol. The Balaban J connectivity index is 2.21. The van der Waals surface area contributed by atoms with Gasteiger partial charge in [0.2, 0.25) is 0 Å². The summed E-state index contributed by atoms with van der Waals surface area (Å²) in [7, 11) is 0. The molecule has 1 heterocycles. The van der Waals surface area contributed by atoms with Crippen LogP contribution in [0.25, 0.3) is 10.4 Å². The number of hydrogen-bond donors (Lipinski definition) is 1. The molecule has 0 fully saturated rings. The topological polar surface area (TPSA) is 24.9 Å². The van der Waals surface area contributed by atoms with E-state index < -0.39 is 0 Å². The van der Waals surface area contributed by atoms with Crippen molar-refractivity contribution in [1.82, 2.24) is 4.98 Å². The zero-order valence-electron chi connectivity index (χ0n) is 10.8. The summed E-state index contributed by atoms with van der Waals surface area (Å²) in [5, 5.41) is 4.17. The van der Waals surface area contributed by atoms with Gasteiger partial charge in [0.05, 0.1) is 4.88 Å². The van der Waals surface area contributed by atoms with Crippen molar-refractivity contribution in [3.05, 3.63) is 35.8 Å². The van der Waals surface area contributed by atoms with Gasteiger partial charge in [0, 0.05) is 12.7 Å². The highest BCUT2D eigenvalue weighted by atomic mass is 32.1. The summed E-state index contributed by atoms with van der Waals surface area (Å²) in [6.45, 7) is 7.18. The van der Waals surface area contributed by atoms with Crippen LogP contribution in [0.3, 0.4) is 0 Å². The summed E-state index contributed by atoms with van der Waals surface area (Å²) in [5.41, 5.74) is 1.99. The van der Waals surface area contributed by atoms with Gasteiger partial charge in [0.25, 0.3) is 0 Å². The summed E-state index contributed by atoms with van der Waals surface area (Å²) >= 11 is 1.56. The van der Waals surface area contributed by atoms with Crippen LogP contribution in [-0.2, 0) is 0 Å². The van der Waals surface area contributed by atoms with Crippen molar-refractivity contribution >= 4 is 16.5 Å². The highest BCUT2D eigenvalue weighted by molar-refractivity contribution is 7.18. The lowest BCUT2D eigenvalue weighted by molar-refractivity contribution is 0.628. The Kier molecular flexibility index (Phi) is 3.97. The molecule has 96 valence electrons. The second-order valence-electron chi connectivity index (χ2n) is 4.76. The van der Waals surface area contributed by atoms with Crippen molar-refractivity contribution in [2.24, 2.45) is 5.92 Å². The fraction of sp³-hybridized carbons (Fsp3) is 0.357. The Labute approximate surface area is 111 Å². The predicted octanol–water partition coefficient (Wildman–Crippen LogP) is 4.33. The molecule has 0 saturated heterocycles. The molecule has 2 nitrogen and oxygen atoms in total. The number of anilines is 1. The van der Waals surface area contributed by atoms with Crippen molar-refractivity contribution < 1.29 is 4.39 Å². The van der Waals surface area contributed by atoms with Gasteiger partial charge in [0.1, 0.15) is 5.82 Å². The number of aryl methyl sites for hydroxylation is 1. The number of thiazole rings is 1. The minimum Gasteiger partial charge on any atom is -0.361 e. The van der Waals surface area contributed by atoms with Crippen LogP contribution in [0.4, 0.5) is 9.52 Å². The first-order valence-electron chi connectivity index (χ1n) is 6.02. The molecule has 18 heavy (non-hydrogen) atoms. The molecule has 2 rings (SSSR count). The quantitative estimate of drug-likeness (QED) is 0.889. The van der Waals surface area contributed by atoms with Crippen LogP contribution < -0.4 is 5.32 Å². The largest absolute Gasteiger partial charge is 0.361 e. The molecular formula is C14H17FN2S. The van der Waals surface area contributed by atoms with Crippen LogP contribution in [0, 0.1) is 18.7 Å². The highest BCUT2D eigenvalue weighted by Crippen LogP contribution is 2.31. The lowest BCUT2D eigenvalue weighted by atomic mass is 10.1. The molecule has 0 unspecified atom stereocenters. The average Bonchev–Trinajstić information content (AvgIpc) is 2.78. The molecule has 0 bridgehead atoms. The number of aromatic nitrogens is 1. The molecule has 1 aromatic heterocycles. The van der Waals surface area contributed by atoms with Crippen LogP contribution in [-0.4, -0.2) is 11.5 Å². The third-order valence-electron chi connectivity index (χ3n) is 2.63. The molecule has 0 aliphatic carbocycles. The third kappa shape index (κ3) is 3.07. The van der Waals surface area contributed by atoms with E-state index in [2.05, 4.69) is 24.1 Å². The van der Waals surface area contributed by atoms with Crippen molar-refractivity contribution in [3.8, 4) is 10.4 Å². The van der Waals surface area contributed by atoms with E-state index in [4.69, 9.17) is 0 Å². The number of nitrogens with one attached hydrogen (secondary N) is 1. The van der Waals surface area contributed by atoms with E-state index in [9.17, 15) is 4.39 Å². The fourth-order valence-electron chi connectivity index (χ4n) is 1.63. The van der Waals surface area contributed by atoms with E-state index in [0.29, 0.717) is 5.92 Å². The number of nitrogens with zero attached hydrogens (tertiary/aromatic N) is 1. The maximum absolute atomic E-state index is 13.3. The summed E-state index contributed by atoms with van der Waals surface area (Å²) in [4.78, 5) is 5.32. The second-order valence-corrected chi connectivity index (χ2v) is 5.79. The first kappa shape index (κ1) is 13.0. The number of hydrogen-bond acceptors (Lipinski definition) is 3. The van der Waals surface area contributed by atoms with Crippen LogP contribution in [0.15, 0.2) is 24.4 Å². The smallest absolute Gasteiger partial charge is 0.183 e. The molecule has 0 amide bonds. The van der Waals surface area contributed by atoms with E-state index in [1.807, 2.05) is 6.92 Å². The Morgan fingerprint density at radius 2 is 2.17 bits per heavy atom. The minimum atomic E-state index is -0.208. The van der Waals surface area contributed by atoms with Crippen molar-refractivity contribution in [1.29, 1.82) is 0 Å². The zero-order chi connectivity index (χ0) is 13.1. The van der Waals surface area contributed by atoms with Gasteiger partial charge in [-0.05, 0) is 36.1 Å². The highest BCUT2D eigenvalue weighted by Gasteiger charge is 2.08. The lowest BCUT2D eigenvalue weighted by Gasteiger charge is -2.05. The fourth-order valence-corrected chi connectivity index (χ4v) is 2.54. The van der Waals surface area contributed by atoms with Crippen LogP contribution in [0.1, 0.15) is 19.4 Å². The van der Waals surface area contributed by atoms with E-state index in [1.54, 1.807) is 29.7 Å². The van der Waals surface area contributed by atoms with Gasteiger partial charge in [-0.3, -0.25) is 0 Å². The van der Waals surface area contributed by atoms with Gasteiger partial charge in [-0.2, -0.15) is 0 Å².